The fourth-order valence-electron chi connectivity index (χ4n) is 2.56. The van der Waals surface area contributed by atoms with E-state index in [1.807, 2.05) is 6.92 Å². The predicted octanol–water partition coefficient (Wildman–Crippen LogP) is 2.54. The summed E-state index contributed by atoms with van der Waals surface area (Å²) < 4.78 is 5.25. The maximum absolute atomic E-state index is 11.2. The molecule has 3 atom stereocenters. The van der Waals surface area contributed by atoms with E-state index in [0.29, 0.717) is 24.9 Å². The van der Waals surface area contributed by atoms with Gasteiger partial charge in [0.15, 0.2) is 0 Å². The number of hydrogen-bond acceptors (Lipinski definition) is 2. The molecule has 0 amide bonds. The minimum Gasteiger partial charge on any atom is -0.465 e. The molecule has 0 aliphatic heterocycles. The van der Waals surface area contributed by atoms with Crippen molar-refractivity contribution in [3.8, 4) is 0 Å². The van der Waals surface area contributed by atoms with Gasteiger partial charge >= 0.3 is 5.97 Å². The van der Waals surface area contributed by atoms with E-state index in [9.17, 15) is 4.79 Å². The molecule has 0 aromatic heterocycles. The Hall–Kier alpha value is -0.790. The maximum atomic E-state index is 11.2. The lowest BCUT2D eigenvalue weighted by molar-refractivity contribution is -0.145. The van der Waals surface area contributed by atoms with Crippen LogP contribution in [-0.2, 0) is 9.53 Å². The van der Waals surface area contributed by atoms with Crippen molar-refractivity contribution in [3.63, 3.8) is 0 Å². The number of rotatable bonds is 4. The van der Waals surface area contributed by atoms with E-state index in [4.69, 9.17) is 4.74 Å². The zero-order chi connectivity index (χ0) is 9.97. The quantitative estimate of drug-likeness (QED) is 0.508. The van der Waals surface area contributed by atoms with E-state index >= 15 is 0 Å². The van der Waals surface area contributed by atoms with Gasteiger partial charge in [0.25, 0.3) is 0 Å². The third-order valence-electron chi connectivity index (χ3n) is 3.33. The topological polar surface area (TPSA) is 26.3 Å². The van der Waals surface area contributed by atoms with Crippen molar-refractivity contribution in [2.24, 2.45) is 17.8 Å². The standard InChI is InChI=1S/C12H18O2/c1-2-3-12(13)14-8-11-7-9-4-5-10(11)6-9/h4-5,9-11H,2-3,6-8H2,1H3/t9-,10+,11-/m1/s1. The molecule has 0 saturated heterocycles. The Bertz CT molecular complexity index is 245. The minimum absolute atomic E-state index is 0.0285. The molecule has 2 rings (SSSR count). The Morgan fingerprint density at radius 1 is 1.43 bits per heavy atom. The van der Waals surface area contributed by atoms with Crippen LogP contribution in [0, 0.1) is 17.8 Å². The first-order valence-corrected chi connectivity index (χ1v) is 5.63. The summed E-state index contributed by atoms with van der Waals surface area (Å²) in [7, 11) is 0. The molecule has 2 nitrogen and oxygen atoms in total. The van der Waals surface area contributed by atoms with Gasteiger partial charge in [-0.05, 0) is 37.0 Å². The molecule has 14 heavy (non-hydrogen) atoms. The van der Waals surface area contributed by atoms with Crippen molar-refractivity contribution < 1.29 is 9.53 Å². The van der Waals surface area contributed by atoms with Gasteiger partial charge in [0.1, 0.15) is 0 Å². The van der Waals surface area contributed by atoms with Gasteiger partial charge in [-0.3, -0.25) is 4.79 Å². The molecule has 2 aliphatic carbocycles. The molecular weight excluding hydrogens is 176 g/mol. The van der Waals surface area contributed by atoms with Crippen LogP contribution in [0.4, 0.5) is 0 Å². The first-order valence-electron chi connectivity index (χ1n) is 5.63. The Labute approximate surface area is 85.3 Å². The Kier molecular flexibility index (Phi) is 2.90. The van der Waals surface area contributed by atoms with Crippen LogP contribution in [0.15, 0.2) is 12.2 Å². The van der Waals surface area contributed by atoms with E-state index in [0.717, 1.165) is 12.3 Å². The maximum Gasteiger partial charge on any atom is 0.305 e. The highest BCUT2D eigenvalue weighted by Crippen LogP contribution is 2.43. The predicted molar refractivity (Wildman–Crippen MR) is 54.7 cm³/mol. The number of allylic oxidation sites excluding steroid dienone is 2. The molecule has 0 aromatic carbocycles. The van der Waals surface area contributed by atoms with Gasteiger partial charge in [-0.25, -0.2) is 0 Å². The number of ether oxygens (including phenoxy) is 1. The number of esters is 1. The van der Waals surface area contributed by atoms with E-state index in [-0.39, 0.29) is 5.97 Å². The Morgan fingerprint density at radius 3 is 2.86 bits per heavy atom. The van der Waals surface area contributed by atoms with Crippen LogP contribution in [0.5, 0.6) is 0 Å². The van der Waals surface area contributed by atoms with Crippen LogP contribution in [0.1, 0.15) is 32.6 Å². The molecule has 0 heterocycles. The summed E-state index contributed by atoms with van der Waals surface area (Å²) in [6.07, 6.45) is 8.57. The second-order valence-electron chi connectivity index (χ2n) is 4.47. The van der Waals surface area contributed by atoms with Crippen molar-refractivity contribution in [1.82, 2.24) is 0 Å². The van der Waals surface area contributed by atoms with E-state index in [1.165, 1.54) is 12.8 Å². The third kappa shape index (κ3) is 1.99. The lowest BCUT2D eigenvalue weighted by Gasteiger charge is -2.17. The summed E-state index contributed by atoms with van der Waals surface area (Å²) in [5.74, 6) is 2.04. The summed E-state index contributed by atoms with van der Waals surface area (Å²) in [6.45, 7) is 2.64. The molecule has 0 N–H and O–H groups in total. The molecule has 0 radical (unpaired) electrons. The summed E-state index contributed by atoms with van der Waals surface area (Å²) in [4.78, 5) is 11.2. The third-order valence-corrected chi connectivity index (χ3v) is 3.33. The zero-order valence-corrected chi connectivity index (χ0v) is 8.74. The van der Waals surface area contributed by atoms with Crippen LogP contribution in [0.25, 0.3) is 0 Å². The molecular formula is C12H18O2. The van der Waals surface area contributed by atoms with E-state index < -0.39 is 0 Å². The number of hydrogen-bond donors (Lipinski definition) is 0. The fourth-order valence-corrected chi connectivity index (χ4v) is 2.56. The molecule has 1 fully saturated rings. The monoisotopic (exact) mass is 194 g/mol. The second kappa shape index (κ2) is 4.16. The Morgan fingerprint density at radius 2 is 2.29 bits per heavy atom. The van der Waals surface area contributed by atoms with E-state index in [1.54, 1.807) is 0 Å². The highest BCUT2D eigenvalue weighted by molar-refractivity contribution is 5.69. The largest absolute Gasteiger partial charge is 0.465 e. The second-order valence-corrected chi connectivity index (χ2v) is 4.47. The van der Waals surface area contributed by atoms with Crippen molar-refractivity contribution in [2.45, 2.75) is 32.6 Å². The average Bonchev–Trinajstić information content (AvgIpc) is 2.76. The molecule has 0 unspecified atom stereocenters. The van der Waals surface area contributed by atoms with Crippen molar-refractivity contribution in [3.05, 3.63) is 12.2 Å². The Balaban J connectivity index is 1.72. The lowest BCUT2D eigenvalue weighted by atomic mass is 9.95. The summed E-state index contributed by atoms with van der Waals surface area (Å²) in [5.41, 5.74) is 0. The fraction of sp³-hybridized carbons (Fsp3) is 0.750. The van der Waals surface area contributed by atoms with Crippen LogP contribution in [0.3, 0.4) is 0 Å². The van der Waals surface area contributed by atoms with Gasteiger partial charge in [0, 0.05) is 6.42 Å². The van der Waals surface area contributed by atoms with Crippen molar-refractivity contribution in [2.75, 3.05) is 6.61 Å². The average molecular weight is 194 g/mol. The van der Waals surface area contributed by atoms with Crippen molar-refractivity contribution >= 4 is 5.97 Å². The van der Waals surface area contributed by atoms with Gasteiger partial charge in [-0.15, -0.1) is 0 Å². The molecule has 0 aromatic rings. The molecule has 1 saturated carbocycles. The first-order chi connectivity index (χ1) is 6.79. The SMILES string of the molecule is CCCC(=O)OC[C@H]1C[C@@H]2C=C[C@H]1C2. The number of carbonyl (C=O) groups is 1. The van der Waals surface area contributed by atoms with Gasteiger partial charge in [0.05, 0.1) is 6.61 Å². The summed E-state index contributed by atoms with van der Waals surface area (Å²) in [5, 5.41) is 0. The van der Waals surface area contributed by atoms with Crippen LogP contribution < -0.4 is 0 Å². The zero-order valence-electron chi connectivity index (χ0n) is 8.74. The molecule has 2 heteroatoms. The van der Waals surface area contributed by atoms with Gasteiger partial charge in [-0.2, -0.15) is 0 Å². The van der Waals surface area contributed by atoms with Gasteiger partial charge in [0.2, 0.25) is 0 Å². The molecule has 2 bridgehead atoms. The van der Waals surface area contributed by atoms with Crippen LogP contribution in [-0.4, -0.2) is 12.6 Å². The summed E-state index contributed by atoms with van der Waals surface area (Å²) in [6, 6.07) is 0. The van der Waals surface area contributed by atoms with Gasteiger partial charge < -0.3 is 4.74 Å². The number of carbonyl (C=O) groups excluding carboxylic acids is 1. The van der Waals surface area contributed by atoms with Crippen LogP contribution >= 0.6 is 0 Å². The molecule has 78 valence electrons. The van der Waals surface area contributed by atoms with E-state index in [2.05, 4.69) is 12.2 Å². The van der Waals surface area contributed by atoms with Crippen molar-refractivity contribution in [1.29, 1.82) is 0 Å². The lowest BCUT2D eigenvalue weighted by Crippen LogP contribution is -2.17. The highest BCUT2D eigenvalue weighted by Gasteiger charge is 2.35. The molecule has 0 spiro atoms. The minimum atomic E-state index is -0.0285. The van der Waals surface area contributed by atoms with Gasteiger partial charge in [-0.1, -0.05) is 19.1 Å². The van der Waals surface area contributed by atoms with Crippen LogP contribution in [0.2, 0.25) is 0 Å². The molecule has 2 aliphatic rings. The smallest absolute Gasteiger partial charge is 0.305 e. The number of fused-ring (bicyclic) bond motifs is 2. The summed E-state index contributed by atoms with van der Waals surface area (Å²) >= 11 is 0. The normalized spacial score (nSPS) is 33.6. The first kappa shape index (κ1) is 9.75. The highest BCUT2D eigenvalue weighted by atomic mass is 16.5.